The van der Waals surface area contributed by atoms with E-state index in [0.717, 1.165) is 28.8 Å². The fraction of sp³-hybridized carbons (Fsp3) is 0.350. The molecule has 1 aliphatic heterocycles. The molecule has 0 bridgehead atoms. The van der Waals surface area contributed by atoms with Crippen molar-refractivity contribution in [1.29, 1.82) is 0 Å². The molecule has 0 saturated carbocycles. The van der Waals surface area contributed by atoms with Gasteiger partial charge in [0.2, 0.25) is 10.0 Å². The quantitative estimate of drug-likeness (QED) is 0.643. The number of benzene rings is 2. The third-order valence-corrected chi connectivity index (χ3v) is 7.28. The van der Waals surface area contributed by atoms with Gasteiger partial charge in [0.15, 0.2) is 11.5 Å². The third-order valence-electron chi connectivity index (χ3n) is 4.80. The maximum atomic E-state index is 12.9. The number of aromatic nitrogens is 1. The lowest BCUT2D eigenvalue weighted by Crippen LogP contribution is -2.27. The van der Waals surface area contributed by atoms with Crippen molar-refractivity contribution in [2.45, 2.75) is 37.8 Å². The molecule has 2 heterocycles. The monoisotopic (exact) mass is 434 g/mol. The summed E-state index contributed by atoms with van der Waals surface area (Å²) in [7, 11) is -3.76. The van der Waals surface area contributed by atoms with Crippen LogP contribution in [-0.2, 0) is 16.6 Å². The predicted octanol–water partition coefficient (Wildman–Crippen LogP) is 3.28. The summed E-state index contributed by atoms with van der Waals surface area (Å²) in [6.45, 7) is 5.36. The van der Waals surface area contributed by atoms with E-state index in [1.165, 1.54) is 0 Å². The van der Waals surface area contributed by atoms with Crippen molar-refractivity contribution in [2.75, 3.05) is 13.2 Å². The topological polar surface area (TPSA) is 86.6 Å². The Labute approximate surface area is 172 Å². The van der Waals surface area contributed by atoms with Gasteiger partial charge in [-0.3, -0.25) is 9.36 Å². The summed E-state index contributed by atoms with van der Waals surface area (Å²) in [5.41, 5.74) is 1.54. The van der Waals surface area contributed by atoms with E-state index in [0.29, 0.717) is 36.0 Å². The Balaban J connectivity index is 1.60. The molecule has 3 aromatic rings. The van der Waals surface area contributed by atoms with Gasteiger partial charge in [0, 0.05) is 12.6 Å². The van der Waals surface area contributed by atoms with E-state index < -0.39 is 16.1 Å². The van der Waals surface area contributed by atoms with E-state index in [9.17, 15) is 13.2 Å². The van der Waals surface area contributed by atoms with Gasteiger partial charge in [-0.1, -0.05) is 24.3 Å². The molecule has 0 fully saturated rings. The van der Waals surface area contributed by atoms with E-state index in [1.807, 2.05) is 13.0 Å². The molecule has 29 heavy (non-hydrogen) atoms. The SMILES string of the molecule is CCCn1c(=O)sc2cc(S(=O)(=O)N[C@@H](C)c3ccc4c(c3)OCCO4)ccc21. The van der Waals surface area contributed by atoms with Gasteiger partial charge < -0.3 is 9.47 Å². The van der Waals surface area contributed by atoms with Crippen molar-refractivity contribution in [1.82, 2.24) is 9.29 Å². The Morgan fingerprint density at radius 2 is 1.90 bits per heavy atom. The molecule has 0 spiro atoms. The van der Waals surface area contributed by atoms with E-state index >= 15 is 0 Å². The Bertz CT molecular complexity index is 1210. The maximum Gasteiger partial charge on any atom is 0.308 e. The lowest BCUT2D eigenvalue weighted by molar-refractivity contribution is 0.171. The molecule has 7 nitrogen and oxygen atoms in total. The molecular weight excluding hydrogens is 412 g/mol. The molecule has 1 N–H and O–H groups in total. The number of aryl methyl sites for hydroxylation is 1. The number of hydrogen-bond acceptors (Lipinski definition) is 6. The highest BCUT2D eigenvalue weighted by molar-refractivity contribution is 7.89. The Morgan fingerprint density at radius 1 is 1.14 bits per heavy atom. The summed E-state index contributed by atoms with van der Waals surface area (Å²) in [4.78, 5) is 12.2. The highest BCUT2D eigenvalue weighted by Gasteiger charge is 2.21. The number of fused-ring (bicyclic) bond motifs is 2. The molecule has 0 radical (unpaired) electrons. The van der Waals surface area contributed by atoms with Crippen LogP contribution >= 0.6 is 11.3 Å². The number of sulfonamides is 1. The van der Waals surface area contributed by atoms with Crippen LogP contribution in [0.2, 0.25) is 0 Å². The van der Waals surface area contributed by atoms with Gasteiger partial charge in [-0.25, -0.2) is 13.1 Å². The van der Waals surface area contributed by atoms with Gasteiger partial charge in [0.1, 0.15) is 13.2 Å². The van der Waals surface area contributed by atoms with Crippen molar-refractivity contribution in [2.24, 2.45) is 0 Å². The first-order chi connectivity index (χ1) is 13.9. The van der Waals surface area contributed by atoms with Crippen LogP contribution in [0.25, 0.3) is 10.2 Å². The number of hydrogen-bond donors (Lipinski definition) is 1. The van der Waals surface area contributed by atoms with E-state index in [1.54, 1.807) is 41.8 Å². The fourth-order valence-electron chi connectivity index (χ4n) is 3.35. The average molecular weight is 435 g/mol. The molecule has 1 aromatic heterocycles. The van der Waals surface area contributed by atoms with Crippen LogP contribution in [-0.4, -0.2) is 26.2 Å². The molecule has 9 heteroatoms. The number of thiazole rings is 1. The van der Waals surface area contributed by atoms with E-state index in [2.05, 4.69) is 4.72 Å². The second kappa shape index (κ2) is 7.81. The smallest absolute Gasteiger partial charge is 0.308 e. The van der Waals surface area contributed by atoms with Gasteiger partial charge in [-0.15, -0.1) is 0 Å². The van der Waals surface area contributed by atoms with Crippen LogP contribution in [0, 0.1) is 0 Å². The minimum atomic E-state index is -3.76. The van der Waals surface area contributed by atoms with Crippen molar-refractivity contribution < 1.29 is 17.9 Å². The number of nitrogens with one attached hydrogen (secondary N) is 1. The summed E-state index contributed by atoms with van der Waals surface area (Å²) in [6.07, 6.45) is 0.834. The molecule has 1 aliphatic rings. The largest absolute Gasteiger partial charge is 0.486 e. The zero-order valence-electron chi connectivity index (χ0n) is 16.2. The third kappa shape index (κ3) is 3.90. The van der Waals surface area contributed by atoms with Gasteiger partial charge in [0.25, 0.3) is 0 Å². The van der Waals surface area contributed by atoms with Crippen LogP contribution in [0.4, 0.5) is 0 Å². The fourth-order valence-corrected chi connectivity index (χ4v) is 5.64. The van der Waals surface area contributed by atoms with Crippen molar-refractivity contribution in [3.8, 4) is 11.5 Å². The summed E-state index contributed by atoms with van der Waals surface area (Å²) >= 11 is 1.06. The summed E-state index contributed by atoms with van der Waals surface area (Å²) in [5, 5.41) is 0. The highest BCUT2D eigenvalue weighted by Crippen LogP contribution is 2.33. The highest BCUT2D eigenvalue weighted by atomic mass is 32.2. The summed E-state index contributed by atoms with van der Waals surface area (Å²) < 4.78 is 42.0. The Kier molecular flexibility index (Phi) is 5.37. The first-order valence-corrected chi connectivity index (χ1v) is 11.7. The second-order valence-electron chi connectivity index (χ2n) is 6.90. The van der Waals surface area contributed by atoms with Crippen LogP contribution < -0.4 is 19.1 Å². The van der Waals surface area contributed by atoms with Crippen molar-refractivity contribution >= 4 is 31.6 Å². The van der Waals surface area contributed by atoms with Crippen LogP contribution in [0.5, 0.6) is 11.5 Å². The van der Waals surface area contributed by atoms with E-state index in [4.69, 9.17) is 9.47 Å². The number of rotatable bonds is 6. The van der Waals surface area contributed by atoms with Crippen LogP contribution in [0.15, 0.2) is 46.1 Å². The minimum Gasteiger partial charge on any atom is -0.486 e. The zero-order chi connectivity index (χ0) is 20.6. The second-order valence-corrected chi connectivity index (χ2v) is 9.60. The minimum absolute atomic E-state index is 0.0750. The Morgan fingerprint density at radius 3 is 2.66 bits per heavy atom. The predicted molar refractivity (Wildman–Crippen MR) is 113 cm³/mol. The van der Waals surface area contributed by atoms with E-state index in [-0.39, 0.29) is 9.77 Å². The lowest BCUT2D eigenvalue weighted by atomic mass is 10.1. The standard InChI is InChI=1S/C20H22N2O5S2/c1-3-8-22-16-6-5-15(12-19(16)28-20(22)23)29(24,25)21-13(2)14-4-7-17-18(11-14)27-10-9-26-17/h4-7,11-13,21H,3,8-10H2,1-2H3/t13-/m0/s1. The van der Waals surface area contributed by atoms with Crippen LogP contribution in [0.3, 0.4) is 0 Å². The van der Waals surface area contributed by atoms with Gasteiger partial charge in [-0.2, -0.15) is 0 Å². The van der Waals surface area contributed by atoms with Gasteiger partial charge in [0.05, 0.1) is 15.1 Å². The summed E-state index contributed by atoms with van der Waals surface area (Å²) in [5.74, 6) is 1.27. The zero-order valence-corrected chi connectivity index (χ0v) is 17.8. The molecule has 0 aliphatic carbocycles. The van der Waals surface area contributed by atoms with Gasteiger partial charge >= 0.3 is 4.87 Å². The number of nitrogens with zero attached hydrogens (tertiary/aromatic N) is 1. The molecular formula is C20H22N2O5S2. The molecule has 2 aromatic carbocycles. The number of ether oxygens (including phenoxy) is 2. The Hall–Kier alpha value is -2.36. The summed E-state index contributed by atoms with van der Waals surface area (Å²) in [6, 6.07) is 9.74. The first kappa shape index (κ1) is 19.9. The molecule has 0 amide bonds. The van der Waals surface area contributed by atoms with Crippen molar-refractivity contribution in [3.05, 3.63) is 51.6 Å². The lowest BCUT2D eigenvalue weighted by Gasteiger charge is -2.21. The molecule has 0 unspecified atom stereocenters. The molecule has 0 saturated heterocycles. The molecule has 4 rings (SSSR count). The maximum absolute atomic E-state index is 12.9. The van der Waals surface area contributed by atoms with Crippen LogP contribution in [0.1, 0.15) is 31.9 Å². The van der Waals surface area contributed by atoms with Gasteiger partial charge in [-0.05, 0) is 49.2 Å². The van der Waals surface area contributed by atoms with Crippen molar-refractivity contribution in [3.63, 3.8) is 0 Å². The molecule has 1 atom stereocenters. The first-order valence-electron chi connectivity index (χ1n) is 9.44. The average Bonchev–Trinajstić information content (AvgIpc) is 3.02. The normalized spacial score (nSPS) is 14.8. The molecule has 154 valence electrons.